The number of rotatable bonds is 5. The van der Waals surface area contributed by atoms with Crippen LogP contribution in [0.25, 0.3) is 0 Å². The van der Waals surface area contributed by atoms with Crippen molar-refractivity contribution in [1.29, 1.82) is 0 Å². The number of aromatic nitrogens is 3. The largest absolute Gasteiger partial charge is 0.357 e. The predicted octanol–water partition coefficient (Wildman–Crippen LogP) is 0.527. The summed E-state index contributed by atoms with van der Waals surface area (Å²) in [5, 5.41) is 11.1. The van der Waals surface area contributed by atoms with E-state index in [1.165, 1.54) is 0 Å². The lowest BCUT2D eigenvalue weighted by Crippen LogP contribution is -2.14. The molecule has 1 rings (SSSR count). The van der Waals surface area contributed by atoms with Crippen LogP contribution in [0.5, 0.6) is 0 Å². The van der Waals surface area contributed by atoms with E-state index < -0.39 is 0 Å². The maximum absolute atomic E-state index is 5.67. The van der Waals surface area contributed by atoms with Crippen LogP contribution in [0.2, 0.25) is 0 Å². The molecule has 0 radical (unpaired) electrons. The van der Waals surface area contributed by atoms with Crippen molar-refractivity contribution in [2.75, 3.05) is 12.4 Å². The smallest absolute Gasteiger partial charge is 0.224 e. The summed E-state index contributed by atoms with van der Waals surface area (Å²) in [5.41, 5.74) is 5.67. The Morgan fingerprint density at radius 2 is 2.21 bits per heavy atom. The summed E-state index contributed by atoms with van der Waals surface area (Å²) in [5.74, 6) is 1.82. The van der Waals surface area contributed by atoms with Crippen LogP contribution in [-0.4, -0.2) is 27.9 Å². The Bertz CT molecular complexity index is 279. The lowest BCUT2D eigenvalue weighted by molar-refractivity contribution is 0.605. The van der Waals surface area contributed by atoms with Gasteiger partial charge in [0, 0.05) is 26.6 Å². The summed E-state index contributed by atoms with van der Waals surface area (Å²) in [6.45, 7) is 2.02. The fraction of sp³-hybridized carbons (Fsp3) is 0.778. The van der Waals surface area contributed by atoms with Crippen LogP contribution in [0.3, 0.4) is 0 Å². The van der Waals surface area contributed by atoms with Crippen molar-refractivity contribution in [3.8, 4) is 0 Å². The van der Waals surface area contributed by atoms with E-state index in [0.29, 0.717) is 0 Å². The van der Waals surface area contributed by atoms with Crippen LogP contribution < -0.4 is 11.1 Å². The number of nitrogens with one attached hydrogen (secondary N) is 1. The predicted molar refractivity (Wildman–Crippen MR) is 57.1 cm³/mol. The Labute approximate surface area is 84.7 Å². The first-order valence-corrected chi connectivity index (χ1v) is 4.96. The SMILES string of the molecule is CNc1nnc(CCCC(C)N)n1C. The third-order valence-electron chi connectivity index (χ3n) is 2.25. The first-order valence-electron chi connectivity index (χ1n) is 4.96. The minimum Gasteiger partial charge on any atom is -0.357 e. The molecule has 14 heavy (non-hydrogen) atoms. The van der Waals surface area contributed by atoms with E-state index in [1.807, 2.05) is 25.6 Å². The second kappa shape index (κ2) is 4.95. The van der Waals surface area contributed by atoms with E-state index in [0.717, 1.165) is 31.0 Å². The summed E-state index contributed by atoms with van der Waals surface area (Å²) in [6, 6.07) is 0.270. The van der Waals surface area contributed by atoms with Crippen molar-refractivity contribution in [2.45, 2.75) is 32.2 Å². The Morgan fingerprint density at radius 1 is 1.50 bits per heavy atom. The molecular formula is C9H19N5. The van der Waals surface area contributed by atoms with E-state index in [1.54, 1.807) is 0 Å². The quantitative estimate of drug-likeness (QED) is 0.722. The highest BCUT2D eigenvalue weighted by molar-refractivity contribution is 5.23. The minimum atomic E-state index is 0.270. The molecule has 3 N–H and O–H groups in total. The number of hydrogen-bond donors (Lipinski definition) is 2. The Hall–Kier alpha value is -1.10. The van der Waals surface area contributed by atoms with Gasteiger partial charge in [0.05, 0.1) is 0 Å². The fourth-order valence-electron chi connectivity index (χ4n) is 1.38. The van der Waals surface area contributed by atoms with Crippen LogP contribution in [0.4, 0.5) is 5.95 Å². The zero-order valence-electron chi connectivity index (χ0n) is 9.12. The molecule has 0 fully saturated rings. The maximum Gasteiger partial charge on any atom is 0.224 e. The van der Waals surface area contributed by atoms with Gasteiger partial charge in [-0.2, -0.15) is 0 Å². The van der Waals surface area contributed by atoms with Gasteiger partial charge in [-0.05, 0) is 19.8 Å². The van der Waals surface area contributed by atoms with Crippen molar-refractivity contribution < 1.29 is 0 Å². The van der Waals surface area contributed by atoms with Crippen LogP contribution in [0.15, 0.2) is 0 Å². The van der Waals surface area contributed by atoms with E-state index in [9.17, 15) is 0 Å². The first-order chi connectivity index (χ1) is 6.65. The molecule has 0 saturated carbocycles. The van der Waals surface area contributed by atoms with Gasteiger partial charge in [-0.1, -0.05) is 0 Å². The van der Waals surface area contributed by atoms with Crippen molar-refractivity contribution in [2.24, 2.45) is 12.8 Å². The van der Waals surface area contributed by atoms with Gasteiger partial charge in [0.25, 0.3) is 0 Å². The van der Waals surface area contributed by atoms with E-state index in [4.69, 9.17) is 5.73 Å². The van der Waals surface area contributed by atoms with Gasteiger partial charge in [0.2, 0.25) is 5.95 Å². The van der Waals surface area contributed by atoms with Crippen molar-refractivity contribution in [1.82, 2.24) is 14.8 Å². The molecule has 0 spiro atoms. The fourth-order valence-corrected chi connectivity index (χ4v) is 1.38. The van der Waals surface area contributed by atoms with E-state index in [-0.39, 0.29) is 6.04 Å². The molecule has 0 aliphatic rings. The normalized spacial score (nSPS) is 12.9. The van der Waals surface area contributed by atoms with Crippen molar-refractivity contribution >= 4 is 5.95 Å². The molecule has 0 aliphatic heterocycles. The molecular weight excluding hydrogens is 178 g/mol. The molecule has 1 heterocycles. The Kier molecular flexibility index (Phi) is 3.88. The van der Waals surface area contributed by atoms with Gasteiger partial charge in [-0.25, -0.2) is 0 Å². The van der Waals surface area contributed by atoms with Gasteiger partial charge in [-0.15, -0.1) is 10.2 Å². The molecule has 0 amide bonds. The molecule has 1 aromatic rings. The average Bonchev–Trinajstić information content (AvgIpc) is 2.47. The molecule has 5 nitrogen and oxygen atoms in total. The van der Waals surface area contributed by atoms with Gasteiger partial charge in [0.15, 0.2) is 0 Å². The van der Waals surface area contributed by atoms with Gasteiger partial charge in [-0.3, -0.25) is 0 Å². The molecule has 0 bridgehead atoms. The molecule has 0 saturated heterocycles. The minimum absolute atomic E-state index is 0.270. The molecule has 1 unspecified atom stereocenters. The third-order valence-corrected chi connectivity index (χ3v) is 2.25. The third kappa shape index (κ3) is 2.70. The number of aryl methyl sites for hydroxylation is 1. The molecule has 80 valence electrons. The standard InChI is InChI=1S/C9H19N5/c1-7(10)5-4-6-8-12-13-9(11-2)14(8)3/h7H,4-6,10H2,1-3H3,(H,11,13). The number of nitrogens with zero attached hydrogens (tertiary/aromatic N) is 3. The monoisotopic (exact) mass is 197 g/mol. The summed E-state index contributed by atoms with van der Waals surface area (Å²) >= 11 is 0. The molecule has 5 heteroatoms. The number of hydrogen-bond acceptors (Lipinski definition) is 4. The lowest BCUT2D eigenvalue weighted by atomic mass is 10.1. The molecule has 1 atom stereocenters. The molecule has 0 aromatic carbocycles. The second-order valence-electron chi connectivity index (χ2n) is 3.62. The zero-order valence-corrected chi connectivity index (χ0v) is 9.12. The summed E-state index contributed by atoms with van der Waals surface area (Å²) < 4.78 is 1.97. The highest BCUT2D eigenvalue weighted by atomic mass is 15.3. The Morgan fingerprint density at radius 3 is 2.71 bits per heavy atom. The molecule has 0 aliphatic carbocycles. The summed E-state index contributed by atoms with van der Waals surface area (Å²) in [4.78, 5) is 0. The summed E-state index contributed by atoms with van der Waals surface area (Å²) in [7, 11) is 3.81. The van der Waals surface area contributed by atoms with Crippen molar-refractivity contribution in [3.63, 3.8) is 0 Å². The van der Waals surface area contributed by atoms with E-state index in [2.05, 4.69) is 15.5 Å². The van der Waals surface area contributed by atoms with Gasteiger partial charge >= 0.3 is 0 Å². The topological polar surface area (TPSA) is 68.8 Å². The number of nitrogens with two attached hydrogens (primary N) is 1. The highest BCUT2D eigenvalue weighted by Crippen LogP contribution is 2.07. The second-order valence-corrected chi connectivity index (χ2v) is 3.62. The number of anilines is 1. The van der Waals surface area contributed by atoms with Gasteiger partial charge in [0.1, 0.15) is 5.82 Å². The molecule has 1 aromatic heterocycles. The van der Waals surface area contributed by atoms with Crippen LogP contribution in [0.1, 0.15) is 25.6 Å². The summed E-state index contributed by atoms with van der Waals surface area (Å²) in [6.07, 6.45) is 3.03. The first kappa shape index (κ1) is 11.0. The van der Waals surface area contributed by atoms with Gasteiger partial charge < -0.3 is 15.6 Å². The average molecular weight is 197 g/mol. The van der Waals surface area contributed by atoms with Crippen LogP contribution >= 0.6 is 0 Å². The Balaban J connectivity index is 2.46. The zero-order chi connectivity index (χ0) is 10.6. The maximum atomic E-state index is 5.67. The lowest BCUT2D eigenvalue weighted by Gasteiger charge is -2.04. The van der Waals surface area contributed by atoms with Crippen LogP contribution in [0, 0.1) is 0 Å². The van der Waals surface area contributed by atoms with E-state index >= 15 is 0 Å². The van der Waals surface area contributed by atoms with Crippen LogP contribution in [-0.2, 0) is 13.5 Å². The van der Waals surface area contributed by atoms with Crippen molar-refractivity contribution in [3.05, 3.63) is 5.82 Å². The highest BCUT2D eigenvalue weighted by Gasteiger charge is 2.06.